The molecule has 0 radical (unpaired) electrons. The van der Waals surface area contributed by atoms with E-state index in [1.807, 2.05) is 30.5 Å². The maximum absolute atomic E-state index is 8.84. The molecule has 1 N–H and O–H groups in total. The number of aliphatic hydroxyl groups excluding tert-OH is 1. The zero-order chi connectivity index (χ0) is 15.2. The second kappa shape index (κ2) is 7.33. The number of hydrogen-bond donors (Lipinski definition) is 1. The molecule has 0 aliphatic carbocycles. The van der Waals surface area contributed by atoms with E-state index >= 15 is 0 Å². The van der Waals surface area contributed by atoms with Crippen LogP contribution in [0.25, 0.3) is 0 Å². The van der Waals surface area contributed by atoms with E-state index in [0.717, 1.165) is 31.0 Å². The topological polar surface area (TPSA) is 58.5 Å². The Morgan fingerprint density at radius 1 is 1.32 bits per heavy atom. The predicted molar refractivity (Wildman–Crippen MR) is 83.4 cm³/mol. The Morgan fingerprint density at radius 2 is 2.27 bits per heavy atom. The number of benzene rings is 1. The summed E-state index contributed by atoms with van der Waals surface area (Å²) in [6, 6.07) is 10.4. The van der Waals surface area contributed by atoms with Gasteiger partial charge < -0.3 is 9.84 Å². The van der Waals surface area contributed by atoms with Gasteiger partial charge in [0.1, 0.15) is 18.7 Å². The number of rotatable bonds is 6. The maximum Gasteiger partial charge on any atom is 0.119 e. The van der Waals surface area contributed by atoms with E-state index in [2.05, 4.69) is 20.9 Å². The van der Waals surface area contributed by atoms with Crippen molar-refractivity contribution < 1.29 is 9.84 Å². The van der Waals surface area contributed by atoms with Crippen LogP contribution in [-0.2, 0) is 6.54 Å². The van der Waals surface area contributed by atoms with E-state index in [1.165, 1.54) is 12.0 Å². The fraction of sp³-hybridized carbons (Fsp3) is 0.412. The summed E-state index contributed by atoms with van der Waals surface area (Å²) in [4.78, 5) is 10.9. The molecule has 1 aliphatic heterocycles. The third-order valence-corrected chi connectivity index (χ3v) is 3.95. The molecule has 0 spiro atoms. The van der Waals surface area contributed by atoms with Crippen LogP contribution in [0.15, 0.2) is 42.9 Å². The molecule has 0 amide bonds. The van der Waals surface area contributed by atoms with Gasteiger partial charge in [0.25, 0.3) is 0 Å². The van der Waals surface area contributed by atoms with Gasteiger partial charge in [0.05, 0.1) is 18.3 Å². The number of aromatic nitrogens is 2. The van der Waals surface area contributed by atoms with E-state index in [9.17, 15) is 0 Å². The van der Waals surface area contributed by atoms with E-state index in [4.69, 9.17) is 9.84 Å². The van der Waals surface area contributed by atoms with Gasteiger partial charge in [0.2, 0.25) is 0 Å². The van der Waals surface area contributed by atoms with Crippen molar-refractivity contribution in [1.29, 1.82) is 0 Å². The Hall–Kier alpha value is -1.98. The van der Waals surface area contributed by atoms with Crippen LogP contribution in [0.4, 0.5) is 0 Å². The van der Waals surface area contributed by atoms with Crippen molar-refractivity contribution >= 4 is 0 Å². The molecule has 2 aromatic rings. The highest BCUT2D eigenvalue weighted by Gasteiger charge is 2.26. The van der Waals surface area contributed by atoms with Gasteiger partial charge in [0, 0.05) is 12.7 Å². The van der Waals surface area contributed by atoms with E-state index in [1.54, 1.807) is 6.33 Å². The summed E-state index contributed by atoms with van der Waals surface area (Å²) in [5.74, 6) is 0.810. The first-order chi connectivity index (χ1) is 10.9. The van der Waals surface area contributed by atoms with Gasteiger partial charge >= 0.3 is 0 Å². The molecule has 1 aromatic heterocycles. The first kappa shape index (κ1) is 14.9. The van der Waals surface area contributed by atoms with E-state index in [0.29, 0.717) is 12.6 Å². The molecule has 3 rings (SSSR count). The third-order valence-electron chi connectivity index (χ3n) is 3.95. The molecule has 1 aliphatic rings. The molecular weight excluding hydrogens is 278 g/mol. The van der Waals surface area contributed by atoms with Gasteiger partial charge in [0.15, 0.2) is 0 Å². The summed E-state index contributed by atoms with van der Waals surface area (Å²) >= 11 is 0. The maximum atomic E-state index is 8.84. The summed E-state index contributed by atoms with van der Waals surface area (Å²) in [6.07, 6.45) is 5.75. The highest BCUT2D eigenvalue weighted by molar-refractivity contribution is 5.28. The van der Waals surface area contributed by atoms with Crippen LogP contribution < -0.4 is 4.74 Å². The quantitative estimate of drug-likeness (QED) is 0.886. The van der Waals surface area contributed by atoms with Crippen LogP contribution in [0.1, 0.15) is 30.1 Å². The smallest absolute Gasteiger partial charge is 0.119 e. The normalized spacial score (nSPS) is 18.5. The van der Waals surface area contributed by atoms with Crippen LogP contribution in [-0.4, -0.2) is 39.7 Å². The molecule has 0 bridgehead atoms. The standard InChI is InChI=1S/C17H21N3O2/c21-9-10-22-15-4-1-3-14(11-15)12-20-8-2-5-17(20)16-6-7-18-13-19-16/h1,3-4,6-7,11,13,17,21H,2,5,8-10,12H2. The first-order valence-corrected chi connectivity index (χ1v) is 7.69. The Morgan fingerprint density at radius 3 is 3.09 bits per heavy atom. The SMILES string of the molecule is OCCOc1cccc(CN2CCCC2c2ccncn2)c1. The van der Waals surface area contributed by atoms with Crippen molar-refractivity contribution in [3.8, 4) is 5.75 Å². The minimum atomic E-state index is 0.0339. The van der Waals surface area contributed by atoms with E-state index in [-0.39, 0.29) is 6.61 Å². The lowest BCUT2D eigenvalue weighted by Crippen LogP contribution is -2.23. The highest BCUT2D eigenvalue weighted by Crippen LogP contribution is 2.32. The molecule has 2 heterocycles. The van der Waals surface area contributed by atoms with Gasteiger partial charge in [-0.1, -0.05) is 12.1 Å². The van der Waals surface area contributed by atoms with Crippen molar-refractivity contribution in [2.75, 3.05) is 19.8 Å². The molecule has 22 heavy (non-hydrogen) atoms. The fourth-order valence-corrected chi connectivity index (χ4v) is 2.98. The summed E-state index contributed by atoms with van der Waals surface area (Å²) in [5, 5.41) is 8.84. The molecular formula is C17H21N3O2. The molecule has 5 nitrogen and oxygen atoms in total. The zero-order valence-corrected chi connectivity index (χ0v) is 12.6. The van der Waals surface area contributed by atoms with Gasteiger partial charge in [-0.3, -0.25) is 4.90 Å². The number of ether oxygens (including phenoxy) is 1. The number of aliphatic hydroxyl groups is 1. The third kappa shape index (κ3) is 3.61. The lowest BCUT2D eigenvalue weighted by atomic mass is 10.1. The van der Waals surface area contributed by atoms with Crippen LogP contribution in [0, 0.1) is 0 Å². The number of nitrogens with zero attached hydrogens (tertiary/aromatic N) is 3. The number of likely N-dealkylation sites (tertiary alicyclic amines) is 1. The Labute approximate surface area is 130 Å². The summed E-state index contributed by atoms with van der Waals surface area (Å²) in [6.45, 7) is 2.32. The van der Waals surface area contributed by atoms with Crippen LogP contribution >= 0.6 is 0 Å². The molecule has 1 fully saturated rings. The zero-order valence-electron chi connectivity index (χ0n) is 12.6. The van der Waals surface area contributed by atoms with Gasteiger partial charge in [-0.15, -0.1) is 0 Å². The van der Waals surface area contributed by atoms with Crippen LogP contribution in [0.2, 0.25) is 0 Å². The average Bonchev–Trinajstić information content (AvgIpc) is 3.02. The second-order valence-electron chi connectivity index (χ2n) is 5.48. The minimum absolute atomic E-state index is 0.0339. The van der Waals surface area contributed by atoms with Gasteiger partial charge in [-0.05, 0) is 43.1 Å². The molecule has 1 saturated heterocycles. The van der Waals surface area contributed by atoms with Crippen molar-refractivity contribution in [2.45, 2.75) is 25.4 Å². The predicted octanol–water partition coefficient (Wildman–Crippen LogP) is 2.18. The van der Waals surface area contributed by atoms with E-state index < -0.39 is 0 Å². The molecule has 5 heteroatoms. The van der Waals surface area contributed by atoms with Crippen molar-refractivity contribution in [2.24, 2.45) is 0 Å². The monoisotopic (exact) mass is 299 g/mol. The Kier molecular flexibility index (Phi) is 4.98. The molecule has 116 valence electrons. The Balaban J connectivity index is 1.69. The molecule has 1 unspecified atom stereocenters. The lowest BCUT2D eigenvalue weighted by Gasteiger charge is -2.24. The average molecular weight is 299 g/mol. The molecule has 0 saturated carbocycles. The molecule has 1 atom stereocenters. The highest BCUT2D eigenvalue weighted by atomic mass is 16.5. The van der Waals surface area contributed by atoms with Crippen LogP contribution in [0.3, 0.4) is 0 Å². The van der Waals surface area contributed by atoms with Gasteiger partial charge in [-0.2, -0.15) is 0 Å². The lowest BCUT2D eigenvalue weighted by molar-refractivity contribution is 0.200. The largest absolute Gasteiger partial charge is 0.491 e. The number of hydrogen-bond acceptors (Lipinski definition) is 5. The summed E-state index contributed by atoms with van der Waals surface area (Å²) in [5.41, 5.74) is 2.32. The van der Waals surface area contributed by atoms with Gasteiger partial charge in [-0.25, -0.2) is 9.97 Å². The first-order valence-electron chi connectivity index (χ1n) is 7.69. The fourth-order valence-electron chi connectivity index (χ4n) is 2.98. The van der Waals surface area contributed by atoms with Crippen molar-refractivity contribution in [3.63, 3.8) is 0 Å². The van der Waals surface area contributed by atoms with Crippen LogP contribution in [0.5, 0.6) is 5.75 Å². The second-order valence-corrected chi connectivity index (χ2v) is 5.48. The van der Waals surface area contributed by atoms with Crippen molar-refractivity contribution in [1.82, 2.24) is 14.9 Å². The summed E-state index contributed by atoms with van der Waals surface area (Å²) in [7, 11) is 0. The minimum Gasteiger partial charge on any atom is -0.491 e. The Bertz CT molecular complexity index is 591. The van der Waals surface area contributed by atoms with Crippen molar-refractivity contribution in [3.05, 3.63) is 54.1 Å². The molecule has 1 aromatic carbocycles. The summed E-state index contributed by atoms with van der Waals surface area (Å²) < 4.78 is 5.48.